The van der Waals surface area contributed by atoms with Crippen molar-refractivity contribution in [3.8, 4) is 0 Å². The minimum absolute atomic E-state index is 0.0508. The average molecular weight is 385 g/mol. The van der Waals surface area contributed by atoms with Crippen molar-refractivity contribution in [3.63, 3.8) is 0 Å². The van der Waals surface area contributed by atoms with Gasteiger partial charge in [0.15, 0.2) is 0 Å². The molecule has 27 heavy (non-hydrogen) atoms. The highest BCUT2D eigenvalue weighted by Crippen LogP contribution is 2.42. The number of carbonyl (C=O) groups is 1. The van der Waals surface area contributed by atoms with E-state index in [0.717, 1.165) is 31.0 Å². The molecule has 1 saturated carbocycles. The lowest BCUT2D eigenvalue weighted by molar-refractivity contribution is -0.158. The molecular weight excluding hydrogens is 362 g/mol. The zero-order valence-corrected chi connectivity index (χ0v) is 16.0. The molecule has 1 saturated heterocycles. The molecule has 5 rings (SSSR count). The Kier molecular flexibility index (Phi) is 4.41. The Morgan fingerprint density at radius 2 is 2.26 bits per heavy atom. The molecule has 1 amide bonds. The van der Waals surface area contributed by atoms with Crippen molar-refractivity contribution >= 4 is 17.4 Å². The lowest BCUT2D eigenvalue weighted by Gasteiger charge is -2.54. The first-order chi connectivity index (χ1) is 13.2. The van der Waals surface area contributed by atoms with Gasteiger partial charge in [0.2, 0.25) is 5.91 Å². The van der Waals surface area contributed by atoms with Gasteiger partial charge in [-0.25, -0.2) is 14.3 Å². The van der Waals surface area contributed by atoms with E-state index in [-0.39, 0.29) is 17.6 Å². The van der Waals surface area contributed by atoms with Gasteiger partial charge in [0.1, 0.15) is 6.33 Å². The van der Waals surface area contributed by atoms with Gasteiger partial charge in [0.05, 0.1) is 31.4 Å². The van der Waals surface area contributed by atoms with Crippen LogP contribution in [0.4, 0.5) is 0 Å². The Morgan fingerprint density at radius 1 is 1.33 bits per heavy atom. The first-order valence-corrected chi connectivity index (χ1v) is 10.4. The second-order valence-corrected chi connectivity index (χ2v) is 8.53. The molecule has 0 aromatic carbocycles. The number of morpholine rings is 1. The smallest absolute Gasteiger partial charge is 0.225 e. The van der Waals surface area contributed by atoms with Crippen LogP contribution in [0, 0.1) is 0 Å². The van der Waals surface area contributed by atoms with E-state index in [0.29, 0.717) is 19.5 Å². The van der Waals surface area contributed by atoms with Crippen LogP contribution in [0.1, 0.15) is 42.5 Å². The number of amides is 1. The van der Waals surface area contributed by atoms with Crippen LogP contribution in [0.25, 0.3) is 0 Å². The molecule has 0 bridgehead atoms. The highest BCUT2D eigenvalue weighted by atomic mass is 32.1. The molecule has 7 nitrogen and oxygen atoms in total. The standard InChI is InChI=1S/C19H23N5O2S/c25-18(23-8-15-6-20-13-21-17(15)10-23)4-16-9-24(7-14-5-22-27-11-14)19(12-26-16)2-1-3-19/h5-6,11,13,16H,1-4,7-10,12H2. The number of rotatable bonds is 4. The molecule has 0 radical (unpaired) electrons. The fourth-order valence-corrected chi connectivity index (χ4v) is 4.91. The number of nitrogens with zero attached hydrogens (tertiary/aromatic N) is 5. The van der Waals surface area contributed by atoms with Gasteiger partial charge in [0, 0.05) is 48.5 Å². The molecule has 4 heterocycles. The lowest BCUT2D eigenvalue weighted by Crippen LogP contribution is -2.62. The van der Waals surface area contributed by atoms with Crippen LogP contribution in [0.5, 0.6) is 0 Å². The van der Waals surface area contributed by atoms with E-state index in [1.165, 1.54) is 36.4 Å². The van der Waals surface area contributed by atoms with E-state index >= 15 is 0 Å². The Bertz CT molecular complexity index is 798. The molecule has 2 aliphatic heterocycles. The molecule has 1 spiro atoms. The van der Waals surface area contributed by atoms with E-state index < -0.39 is 0 Å². The van der Waals surface area contributed by atoms with Gasteiger partial charge >= 0.3 is 0 Å². The second-order valence-electron chi connectivity index (χ2n) is 7.87. The Morgan fingerprint density at radius 3 is 3.00 bits per heavy atom. The summed E-state index contributed by atoms with van der Waals surface area (Å²) in [6, 6.07) is 0. The van der Waals surface area contributed by atoms with Crippen molar-refractivity contribution < 1.29 is 9.53 Å². The van der Waals surface area contributed by atoms with Crippen molar-refractivity contribution in [1.82, 2.24) is 24.1 Å². The van der Waals surface area contributed by atoms with Crippen molar-refractivity contribution in [2.24, 2.45) is 0 Å². The second kappa shape index (κ2) is 6.92. The zero-order chi connectivity index (χ0) is 18.3. The molecule has 2 fully saturated rings. The minimum Gasteiger partial charge on any atom is -0.374 e. The maximum atomic E-state index is 12.8. The highest BCUT2D eigenvalue weighted by Gasteiger charge is 2.47. The Balaban J connectivity index is 1.23. The number of hydrogen-bond acceptors (Lipinski definition) is 7. The third-order valence-corrected chi connectivity index (χ3v) is 6.80. The number of ether oxygens (including phenoxy) is 1. The average Bonchev–Trinajstić information content (AvgIpc) is 3.30. The molecule has 2 aromatic rings. The first-order valence-electron chi connectivity index (χ1n) is 9.52. The molecule has 1 atom stereocenters. The van der Waals surface area contributed by atoms with Crippen LogP contribution in [-0.2, 0) is 29.2 Å². The molecule has 0 N–H and O–H groups in total. The third-order valence-electron chi connectivity index (χ3n) is 6.16. The fourth-order valence-electron chi connectivity index (χ4n) is 4.38. The van der Waals surface area contributed by atoms with Crippen LogP contribution < -0.4 is 0 Å². The van der Waals surface area contributed by atoms with Crippen molar-refractivity contribution in [1.29, 1.82) is 0 Å². The summed E-state index contributed by atoms with van der Waals surface area (Å²) < 4.78 is 10.4. The molecule has 1 aliphatic carbocycles. The SMILES string of the molecule is O=C(CC1CN(Cc2cnsc2)C2(CCC2)CO1)N1Cc2cncnc2C1. The third kappa shape index (κ3) is 3.26. The topological polar surface area (TPSA) is 71.5 Å². The van der Waals surface area contributed by atoms with Crippen molar-refractivity contribution in [2.45, 2.75) is 57.0 Å². The van der Waals surface area contributed by atoms with Gasteiger partial charge in [-0.3, -0.25) is 9.69 Å². The normalized spacial score (nSPS) is 24.0. The van der Waals surface area contributed by atoms with Gasteiger partial charge in [-0.15, -0.1) is 0 Å². The maximum absolute atomic E-state index is 12.8. The molecule has 1 unspecified atom stereocenters. The summed E-state index contributed by atoms with van der Waals surface area (Å²) in [4.78, 5) is 25.6. The predicted molar refractivity (Wildman–Crippen MR) is 99.7 cm³/mol. The summed E-state index contributed by atoms with van der Waals surface area (Å²) >= 11 is 1.50. The quantitative estimate of drug-likeness (QED) is 0.802. The van der Waals surface area contributed by atoms with Crippen LogP contribution in [0.15, 0.2) is 24.1 Å². The summed E-state index contributed by atoms with van der Waals surface area (Å²) in [7, 11) is 0. The molecule has 8 heteroatoms. The number of fused-ring (bicyclic) bond motifs is 1. The van der Waals surface area contributed by atoms with Gasteiger partial charge in [0.25, 0.3) is 0 Å². The van der Waals surface area contributed by atoms with Gasteiger partial charge in [-0.2, -0.15) is 0 Å². The van der Waals surface area contributed by atoms with Crippen molar-refractivity contribution in [3.05, 3.63) is 40.9 Å². The van der Waals surface area contributed by atoms with E-state index in [4.69, 9.17) is 4.74 Å². The highest BCUT2D eigenvalue weighted by molar-refractivity contribution is 7.03. The Hall–Kier alpha value is -1.90. The molecular formula is C19H23N5O2S. The molecule has 142 valence electrons. The summed E-state index contributed by atoms with van der Waals surface area (Å²) in [5.41, 5.74) is 3.44. The Labute approximate surface area is 162 Å². The van der Waals surface area contributed by atoms with E-state index in [1.807, 2.05) is 17.3 Å². The van der Waals surface area contributed by atoms with Crippen LogP contribution in [0.3, 0.4) is 0 Å². The lowest BCUT2D eigenvalue weighted by atomic mass is 9.74. The summed E-state index contributed by atoms with van der Waals surface area (Å²) in [6.07, 6.45) is 9.32. The largest absolute Gasteiger partial charge is 0.374 e. The van der Waals surface area contributed by atoms with Crippen LogP contribution >= 0.6 is 11.5 Å². The molecule has 2 aromatic heterocycles. The fraction of sp³-hybridized carbons (Fsp3) is 0.579. The summed E-state index contributed by atoms with van der Waals surface area (Å²) in [5, 5.41) is 2.12. The van der Waals surface area contributed by atoms with Gasteiger partial charge in [-0.05, 0) is 36.4 Å². The predicted octanol–water partition coefficient (Wildman–Crippen LogP) is 1.99. The van der Waals surface area contributed by atoms with Gasteiger partial charge < -0.3 is 9.64 Å². The first kappa shape index (κ1) is 17.2. The summed E-state index contributed by atoms with van der Waals surface area (Å²) in [6.45, 7) is 3.62. The van der Waals surface area contributed by atoms with Crippen LogP contribution in [0.2, 0.25) is 0 Å². The van der Waals surface area contributed by atoms with Crippen molar-refractivity contribution in [2.75, 3.05) is 13.2 Å². The summed E-state index contributed by atoms with van der Waals surface area (Å²) in [5.74, 6) is 0.139. The van der Waals surface area contributed by atoms with E-state index in [9.17, 15) is 4.79 Å². The monoisotopic (exact) mass is 385 g/mol. The zero-order valence-electron chi connectivity index (χ0n) is 15.2. The molecule has 3 aliphatic rings. The number of carbonyl (C=O) groups excluding carboxylic acids is 1. The maximum Gasteiger partial charge on any atom is 0.225 e. The minimum atomic E-state index is -0.0508. The van der Waals surface area contributed by atoms with Crippen LogP contribution in [-0.4, -0.2) is 54.8 Å². The number of aromatic nitrogens is 3. The van der Waals surface area contributed by atoms with E-state index in [2.05, 4.69) is 24.6 Å². The number of hydrogen-bond donors (Lipinski definition) is 0. The van der Waals surface area contributed by atoms with Gasteiger partial charge in [-0.1, -0.05) is 0 Å². The van der Waals surface area contributed by atoms with E-state index in [1.54, 1.807) is 6.33 Å².